The molecule has 0 radical (unpaired) electrons. The van der Waals surface area contributed by atoms with Gasteiger partial charge in [0.05, 0.1) is 5.56 Å². The highest BCUT2D eigenvalue weighted by Crippen LogP contribution is 2.24. The molecule has 0 bridgehead atoms. The van der Waals surface area contributed by atoms with Crippen molar-refractivity contribution in [2.24, 2.45) is 0 Å². The summed E-state index contributed by atoms with van der Waals surface area (Å²) in [7, 11) is 0. The lowest BCUT2D eigenvalue weighted by Gasteiger charge is -2.09. The van der Waals surface area contributed by atoms with Gasteiger partial charge in [0, 0.05) is 41.6 Å². The predicted octanol–water partition coefficient (Wildman–Crippen LogP) is 4.75. The van der Waals surface area contributed by atoms with E-state index in [0.717, 1.165) is 0 Å². The van der Waals surface area contributed by atoms with Crippen molar-refractivity contribution in [3.63, 3.8) is 0 Å². The average molecular weight is 395 g/mol. The van der Waals surface area contributed by atoms with Gasteiger partial charge in [0.15, 0.2) is 5.78 Å². The summed E-state index contributed by atoms with van der Waals surface area (Å²) >= 11 is 0. The van der Waals surface area contributed by atoms with Crippen molar-refractivity contribution in [3.05, 3.63) is 114 Å². The third kappa shape index (κ3) is 4.56. The van der Waals surface area contributed by atoms with Crippen molar-refractivity contribution in [1.82, 2.24) is 9.97 Å². The van der Waals surface area contributed by atoms with Crippen molar-refractivity contribution < 1.29 is 14.3 Å². The number of ether oxygens (including phenoxy) is 1. The normalized spacial score (nSPS) is 10.3. The Morgan fingerprint density at radius 2 is 1.23 bits per heavy atom. The Balaban J connectivity index is 1.39. The first-order valence-electron chi connectivity index (χ1n) is 9.23. The summed E-state index contributed by atoms with van der Waals surface area (Å²) < 4.78 is 5.82. The molecule has 146 valence electrons. The number of benzene rings is 2. The second-order valence-electron chi connectivity index (χ2n) is 6.42. The number of carbonyl (C=O) groups excluding carboxylic acids is 2. The molecule has 0 aliphatic rings. The Hall–Kier alpha value is -4.32. The van der Waals surface area contributed by atoms with Crippen molar-refractivity contribution in [3.8, 4) is 11.5 Å². The lowest BCUT2D eigenvalue weighted by molar-refractivity contribution is 0.102. The fraction of sp³-hybridized carbons (Fsp3) is 0. The van der Waals surface area contributed by atoms with Gasteiger partial charge >= 0.3 is 0 Å². The Morgan fingerprint density at radius 1 is 0.667 bits per heavy atom. The molecule has 1 amide bonds. The van der Waals surface area contributed by atoms with E-state index in [1.54, 1.807) is 91.4 Å². The van der Waals surface area contributed by atoms with Crippen molar-refractivity contribution in [1.29, 1.82) is 0 Å². The van der Waals surface area contributed by atoms with Gasteiger partial charge in [-0.15, -0.1) is 0 Å². The summed E-state index contributed by atoms with van der Waals surface area (Å²) in [5.41, 5.74) is 2.23. The minimum atomic E-state index is -0.231. The minimum Gasteiger partial charge on any atom is -0.457 e. The molecule has 0 spiro atoms. The highest BCUT2D eigenvalue weighted by Gasteiger charge is 2.09. The molecule has 6 heteroatoms. The van der Waals surface area contributed by atoms with Crippen LogP contribution in [0.15, 0.2) is 97.6 Å². The van der Waals surface area contributed by atoms with E-state index >= 15 is 0 Å². The van der Waals surface area contributed by atoms with Gasteiger partial charge in [0.2, 0.25) is 0 Å². The van der Waals surface area contributed by atoms with E-state index in [2.05, 4.69) is 15.3 Å². The van der Waals surface area contributed by atoms with Crippen LogP contribution in [0, 0.1) is 0 Å². The van der Waals surface area contributed by atoms with Gasteiger partial charge in [-0.2, -0.15) is 0 Å². The summed E-state index contributed by atoms with van der Waals surface area (Å²) in [4.78, 5) is 32.5. The van der Waals surface area contributed by atoms with Crippen LogP contribution in [0.2, 0.25) is 0 Å². The smallest absolute Gasteiger partial charge is 0.257 e. The fourth-order valence-corrected chi connectivity index (χ4v) is 2.78. The molecule has 0 atom stereocenters. The van der Waals surface area contributed by atoms with Crippen LogP contribution in [0.3, 0.4) is 0 Å². The second-order valence-corrected chi connectivity index (χ2v) is 6.42. The first-order valence-corrected chi connectivity index (χ1v) is 9.23. The number of hydrogen-bond acceptors (Lipinski definition) is 5. The van der Waals surface area contributed by atoms with E-state index in [1.807, 2.05) is 0 Å². The van der Waals surface area contributed by atoms with Gasteiger partial charge < -0.3 is 10.1 Å². The molecular formula is C24H17N3O3. The molecule has 0 aliphatic heterocycles. The molecule has 0 aliphatic carbocycles. The number of pyridine rings is 2. The molecule has 6 nitrogen and oxygen atoms in total. The minimum absolute atomic E-state index is 0.0941. The zero-order chi connectivity index (χ0) is 20.8. The highest BCUT2D eigenvalue weighted by molar-refractivity contribution is 6.08. The Bertz CT molecular complexity index is 1140. The zero-order valence-corrected chi connectivity index (χ0v) is 15.9. The number of nitrogens with one attached hydrogen (secondary N) is 1. The number of ketones is 1. The van der Waals surface area contributed by atoms with Crippen LogP contribution in [0.5, 0.6) is 11.5 Å². The summed E-state index contributed by atoms with van der Waals surface area (Å²) in [6.45, 7) is 0. The predicted molar refractivity (Wildman–Crippen MR) is 113 cm³/mol. The van der Waals surface area contributed by atoms with Crippen LogP contribution in [-0.2, 0) is 0 Å². The molecule has 30 heavy (non-hydrogen) atoms. The van der Waals surface area contributed by atoms with Crippen molar-refractivity contribution >= 4 is 17.4 Å². The fourth-order valence-electron chi connectivity index (χ4n) is 2.78. The monoisotopic (exact) mass is 395 g/mol. The van der Waals surface area contributed by atoms with E-state index < -0.39 is 0 Å². The Morgan fingerprint density at radius 3 is 1.80 bits per heavy atom. The number of aromatic nitrogens is 2. The quantitative estimate of drug-likeness (QED) is 0.477. The van der Waals surface area contributed by atoms with Gasteiger partial charge in [0.1, 0.15) is 11.5 Å². The van der Waals surface area contributed by atoms with E-state index in [9.17, 15) is 9.59 Å². The summed E-state index contributed by atoms with van der Waals surface area (Å²) in [5, 5.41) is 2.81. The summed E-state index contributed by atoms with van der Waals surface area (Å²) in [6.07, 6.45) is 6.30. The maximum absolute atomic E-state index is 12.4. The lowest BCUT2D eigenvalue weighted by Crippen LogP contribution is -2.11. The summed E-state index contributed by atoms with van der Waals surface area (Å²) in [5.74, 6) is 0.889. The number of rotatable bonds is 6. The van der Waals surface area contributed by atoms with Crippen molar-refractivity contribution in [2.45, 2.75) is 0 Å². The molecule has 0 saturated carbocycles. The van der Waals surface area contributed by atoms with Crippen LogP contribution in [-0.4, -0.2) is 21.7 Å². The molecule has 2 aromatic heterocycles. The third-order valence-corrected chi connectivity index (χ3v) is 4.31. The van der Waals surface area contributed by atoms with Crippen LogP contribution in [0.25, 0.3) is 0 Å². The van der Waals surface area contributed by atoms with E-state index in [1.165, 1.54) is 6.20 Å². The highest BCUT2D eigenvalue weighted by atomic mass is 16.5. The molecule has 1 N–H and O–H groups in total. The molecule has 4 aromatic rings. The van der Waals surface area contributed by atoms with Crippen molar-refractivity contribution in [2.75, 3.05) is 5.32 Å². The lowest BCUT2D eigenvalue weighted by atomic mass is 10.1. The zero-order valence-electron chi connectivity index (χ0n) is 15.9. The van der Waals surface area contributed by atoms with E-state index in [0.29, 0.717) is 33.9 Å². The maximum atomic E-state index is 12.4. The standard InChI is InChI=1S/C24H17N3O3/c28-23(18-3-1-13-25-15-18)17-5-9-21(10-6-17)30-22-11-7-20(8-12-22)27-24(29)19-4-2-14-26-16-19/h1-16H,(H,27,29). The van der Waals surface area contributed by atoms with Crippen LogP contribution in [0.4, 0.5) is 5.69 Å². The molecule has 0 fully saturated rings. The van der Waals surface area contributed by atoms with Gasteiger partial charge in [0.25, 0.3) is 5.91 Å². The van der Waals surface area contributed by atoms with Crippen LogP contribution < -0.4 is 10.1 Å². The third-order valence-electron chi connectivity index (χ3n) is 4.31. The molecule has 0 unspecified atom stereocenters. The van der Waals surface area contributed by atoms with Gasteiger partial charge in [-0.05, 0) is 72.8 Å². The second kappa shape index (κ2) is 8.79. The van der Waals surface area contributed by atoms with E-state index in [-0.39, 0.29) is 11.7 Å². The molecule has 4 rings (SSSR count). The molecular weight excluding hydrogens is 378 g/mol. The number of carbonyl (C=O) groups is 2. The average Bonchev–Trinajstić information content (AvgIpc) is 2.81. The van der Waals surface area contributed by atoms with E-state index in [4.69, 9.17) is 4.74 Å². The summed E-state index contributed by atoms with van der Waals surface area (Å²) in [6, 6.07) is 20.8. The van der Waals surface area contributed by atoms with Gasteiger partial charge in [-0.1, -0.05) is 0 Å². The SMILES string of the molecule is O=C(Nc1ccc(Oc2ccc(C(=O)c3cccnc3)cc2)cc1)c1cccnc1. The molecule has 2 heterocycles. The van der Waals surface area contributed by atoms with Crippen LogP contribution >= 0.6 is 0 Å². The largest absolute Gasteiger partial charge is 0.457 e. The number of nitrogens with zero attached hydrogens (tertiary/aromatic N) is 2. The Labute approximate surface area is 173 Å². The number of hydrogen-bond donors (Lipinski definition) is 1. The first-order chi connectivity index (χ1) is 14.7. The van der Waals surface area contributed by atoms with Gasteiger partial charge in [-0.3, -0.25) is 19.6 Å². The number of amides is 1. The molecule has 2 aromatic carbocycles. The van der Waals surface area contributed by atoms with Crippen LogP contribution in [0.1, 0.15) is 26.3 Å². The topological polar surface area (TPSA) is 81.2 Å². The maximum Gasteiger partial charge on any atom is 0.257 e. The molecule has 0 saturated heterocycles. The number of anilines is 1. The first kappa shape index (κ1) is 19.0. The van der Waals surface area contributed by atoms with Gasteiger partial charge in [-0.25, -0.2) is 0 Å². The Kier molecular flexibility index (Phi) is 5.57.